The molecule has 2 N–H and O–H groups in total. The van der Waals surface area contributed by atoms with Crippen molar-refractivity contribution in [2.45, 2.75) is 26.7 Å². The zero-order valence-electron chi connectivity index (χ0n) is 10.4. The summed E-state index contributed by atoms with van der Waals surface area (Å²) in [7, 11) is 0. The van der Waals surface area contributed by atoms with Gasteiger partial charge in [0.2, 0.25) is 0 Å². The molecule has 2 amide bonds. The van der Waals surface area contributed by atoms with Crippen molar-refractivity contribution in [2.75, 3.05) is 19.6 Å². The molecule has 104 valence electrons. The monoisotopic (exact) mass is 264 g/mol. The summed E-state index contributed by atoms with van der Waals surface area (Å²) in [5.41, 5.74) is -0.970. The number of halogens is 2. The third-order valence-electron chi connectivity index (χ3n) is 3.53. The zero-order chi connectivity index (χ0) is 13.9. The molecule has 1 atom stereocenters. The number of aliphatic carboxylic acids is 1. The number of carboxylic acid groups (broad SMARTS) is 1. The zero-order valence-corrected chi connectivity index (χ0v) is 10.4. The van der Waals surface area contributed by atoms with Crippen LogP contribution in [0.4, 0.5) is 13.6 Å². The smallest absolute Gasteiger partial charge is 0.317 e. The maximum absolute atomic E-state index is 12.0. The van der Waals surface area contributed by atoms with Gasteiger partial charge in [-0.2, -0.15) is 0 Å². The Morgan fingerprint density at radius 1 is 1.44 bits per heavy atom. The Bertz CT molecular complexity index is 336. The van der Waals surface area contributed by atoms with Crippen molar-refractivity contribution in [1.29, 1.82) is 0 Å². The molecular weight excluding hydrogens is 246 g/mol. The largest absolute Gasteiger partial charge is 0.481 e. The van der Waals surface area contributed by atoms with E-state index in [0.717, 1.165) is 0 Å². The summed E-state index contributed by atoms with van der Waals surface area (Å²) in [5, 5.41) is 11.4. The van der Waals surface area contributed by atoms with E-state index in [1.165, 1.54) is 4.90 Å². The number of alkyl halides is 2. The highest BCUT2D eigenvalue weighted by Crippen LogP contribution is 2.38. The van der Waals surface area contributed by atoms with E-state index in [9.17, 15) is 23.5 Å². The van der Waals surface area contributed by atoms with E-state index in [0.29, 0.717) is 6.42 Å². The molecule has 0 aliphatic carbocycles. The van der Waals surface area contributed by atoms with Crippen molar-refractivity contribution in [3.05, 3.63) is 0 Å². The Morgan fingerprint density at radius 3 is 2.44 bits per heavy atom. The molecule has 5 nitrogen and oxygen atoms in total. The second-order valence-electron chi connectivity index (χ2n) is 4.86. The number of likely N-dealkylation sites (tertiary alicyclic amines) is 1. The quantitative estimate of drug-likeness (QED) is 0.806. The second-order valence-corrected chi connectivity index (χ2v) is 4.86. The Hall–Kier alpha value is -1.40. The molecule has 1 heterocycles. The van der Waals surface area contributed by atoms with Gasteiger partial charge in [0.25, 0.3) is 6.43 Å². The van der Waals surface area contributed by atoms with E-state index in [4.69, 9.17) is 0 Å². The summed E-state index contributed by atoms with van der Waals surface area (Å²) in [6.45, 7) is 3.20. The molecule has 1 rings (SSSR count). The number of carboxylic acids is 1. The van der Waals surface area contributed by atoms with Crippen LogP contribution in [0.1, 0.15) is 20.3 Å². The number of rotatable bonds is 4. The van der Waals surface area contributed by atoms with Crippen LogP contribution in [0.3, 0.4) is 0 Å². The Kier molecular flexibility index (Phi) is 4.48. The molecule has 0 radical (unpaired) electrons. The van der Waals surface area contributed by atoms with Gasteiger partial charge in [-0.3, -0.25) is 4.79 Å². The van der Waals surface area contributed by atoms with Crippen LogP contribution in [0.25, 0.3) is 0 Å². The molecule has 7 heteroatoms. The van der Waals surface area contributed by atoms with Gasteiger partial charge in [-0.25, -0.2) is 13.6 Å². The fourth-order valence-corrected chi connectivity index (χ4v) is 2.18. The minimum atomic E-state index is -2.61. The van der Waals surface area contributed by atoms with E-state index >= 15 is 0 Å². The van der Waals surface area contributed by atoms with Crippen molar-refractivity contribution in [3.63, 3.8) is 0 Å². The third-order valence-corrected chi connectivity index (χ3v) is 3.53. The molecule has 0 aromatic rings. The highest BCUT2D eigenvalue weighted by atomic mass is 19.3. The second kappa shape index (κ2) is 5.49. The average Bonchev–Trinajstić information content (AvgIpc) is 2.71. The maximum atomic E-state index is 12.0. The van der Waals surface area contributed by atoms with Crippen LogP contribution < -0.4 is 5.32 Å². The van der Waals surface area contributed by atoms with Crippen LogP contribution in [0, 0.1) is 11.3 Å². The molecular formula is C11H18F2N2O3. The van der Waals surface area contributed by atoms with Gasteiger partial charge in [0, 0.05) is 13.1 Å². The molecule has 1 fully saturated rings. The predicted octanol–water partition coefficient (Wildman–Crippen LogP) is 1.39. The van der Waals surface area contributed by atoms with Crippen LogP contribution in [-0.4, -0.2) is 48.1 Å². The van der Waals surface area contributed by atoms with Crippen molar-refractivity contribution >= 4 is 12.0 Å². The lowest BCUT2D eigenvalue weighted by molar-refractivity contribution is -0.150. The van der Waals surface area contributed by atoms with Gasteiger partial charge < -0.3 is 15.3 Å². The lowest BCUT2D eigenvalue weighted by atomic mass is 9.76. The number of carbonyl (C=O) groups excluding carboxylic acids is 1. The Morgan fingerprint density at radius 2 is 2.06 bits per heavy atom. The standard InChI is InChI=1S/C11H18F2N2O3/c1-7(2)11(9(16)17)3-4-15(6-11)10(18)14-5-8(12)13/h7-8H,3-6H2,1-2H3,(H,14,18)(H,16,17). The number of amides is 2. The number of carbonyl (C=O) groups is 2. The van der Waals surface area contributed by atoms with Gasteiger partial charge in [-0.1, -0.05) is 13.8 Å². The van der Waals surface area contributed by atoms with Gasteiger partial charge in [0.1, 0.15) is 0 Å². The van der Waals surface area contributed by atoms with Crippen molar-refractivity contribution < 1.29 is 23.5 Å². The first-order valence-electron chi connectivity index (χ1n) is 5.84. The van der Waals surface area contributed by atoms with Crippen molar-refractivity contribution in [1.82, 2.24) is 10.2 Å². The lowest BCUT2D eigenvalue weighted by Gasteiger charge is -2.28. The van der Waals surface area contributed by atoms with Crippen LogP contribution >= 0.6 is 0 Å². The van der Waals surface area contributed by atoms with Gasteiger partial charge in [0.05, 0.1) is 12.0 Å². The normalized spacial score (nSPS) is 23.8. The average molecular weight is 264 g/mol. The lowest BCUT2D eigenvalue weighted by Crippen LogP contribution is -2.44. The van der Waals surface area contributed by atoms with Gasteiger partial charge in [-0.15, -0.1) is 0 Å². The maximum Gasteiger partial charge on any atom is 0.317 e. The molecule has 0 spiro atoms. The molecule has 0 aromatic carbocycles. The fourth-order valence-electron chi connectivity index (χ4n) is 2.18. The summed E-state index contributed by atoms with van der Waals surface area (Å²) in [6, 6.07) is -0.626. The number of nitrogens with zero attached hydrogens (tertiary/aromatic N) is 1. The van der Waals surface area contributed by atoms with E-state index in [1.807, 2.05) is 0 Å². The Balaban J connectivity index is 2.64. The first kappa shape index (κ1) is 14.7. The highest BCUT2D eigenvalue weighted by Gasteiger charge is 2.48. The first-order chi connectivity index (χ1) is 8.29. The Labute approximate surface area is 104 Å². The molecule has 0 saturated carbocycles. The molecule has 1 unspecified atom stereocenters. The van der Waals surface area contributed by atoms with Crippen molar-refractivity contribution in [2.24, 2.45) is 11.3 Å². The van der Waals surface area contributed by atoms with E-state index < -0.39 is 30.4 Å². The van der Waals surface area contributed by atoms with Crippen LogP contribution in [0.5, 0.6) is 0 Å². The number of hydrogen-bond acceptors (Lipinski definition) is 2. The summed E-state index contributed by atoms with van der Waals surface area (Å²) in [5.74, 6) is -1.07. The molecule has 1 aliphatic rings. The first-order valence-corrected chi connectivity index (χ1v) is 5.84. The molecule has 1 aliphatic heterocycles. The highest BCUT2D eigenvalue weighted by molar-refractivity contribution is 5.80. The van der Waals surface area contributed by atoms with Crippen LogP contribution in [0.2, 0.25) is 0 Å². The molecule has 1 saturated heterocycles. The topological polar surface area (TPSA) is 69.6 Å². The summed E-state index contributed by atoms with van der Waals surface area (Å²) >= 11 is 0. The minimum absolute atomic E-state index is 0.0646. The SMILES string of the molecule is CC(C)C1(C(=O)O)CCN(C(=O)NCC(F)F)C1. The fraction of sp³-hybridized carbons (Fsp3) is 0.818. The van der Waals surface area contributed by atoms with Crippen LogP contribution in [-0.2, 0) is 4.79 Å². The summed E-state index contributed by atoms with van der Waals surface area (Å²) in [6.07, 6.45) is -2.26. The van der Waals surface area contributed by atoms with E-state index in [1.54, 1.807) is 13.8 Å². The van der Waals surface area contributed by atoms with Crippen LogP contribution in [0.15, 0.2) is 0 Å². The molecule has 0 bridgehead atoms. The summed E-state index contributed by atoms with van der Waals surface area (Å²) in [4.78, 5) is 24.2. The third kappa shape index (κ3) is 2.88. The van der Waals surface area contributed by atoms with E-state index in [2.05, 4.69) is 5.32 Å². The molecule has 0 aromatic heterocycles. The van der Waals surface area contributed by atoms with Crippen molar-refractivity contribution in [3.8, 4) is 0 Å². The number of hydrogen-bond donors (Lipinski definition) is 2. The minimum Gasteiger partial charge on any atom is -0.481 e. The van der Waals surface area contributed by atoms with Gasteiger partial charge in [-0.05, 0) is 12.3 Å². The summed E-state index contributed by atoms with van der Waals surface area (Å²) < 4.78 is 23.9. The van der Waals surface area contributed by atoms with E-state index in [-0.39, 0.29) is 19.0 Å². The number of nitrogens with one attached hydrogen (secondary N) is 1. The molecule has 18 heavy (non-hydrogen) atoms. The van der Waals surface area contributed by atoms with Gasteiger partial charge >= 0.3 is 12.0 Å². The predicted molar refractivity (Wildman–Crippen MR) is 60.5 cm³/mol. The number of urea groups is 1. The van der Waals surface area contributed by atoms with Gasteiger partial charge in [0.15, 0.2) is 0 Å².